The summed E-state index contributed by atoms with van der Waals surface area (Å²) in [7, 11) is 0. The predicted octanol–water partition coefficient (Wildman–Crippen LogP) is 3.34. The van der Waals surface area contributed by atoms with E-state index in [-0.39, 0.29) is 23.2 Å². The van der Waals surface area contributed by atoms with Crippen molar-refractivity contribution >= 4 is 17.5 Å². The normalized spacial score (nSPS) is 10.3. The molecule has 0 aliphatic carbocycles. The average molecular weight is 325 g/mol. The first-order chi connectivity index (χ1) is 11.6. The Bertz CT molecular complexity index is 741. The van der Waals surface area contributed by atoms with Crippen LogP contribution < -0.4 is 10.6 Å². The van der Waals surface area contributed by atoms with Crippen LogP contribution in [0, 0.1) is 6.92 Å². The Morgan fingerprint density at radius 2 is 1.67 bits per heavy atom. The zero-order valence-corrected chi connectivity index (χ0v) is 14.3. The Balaban J connectivity index is 2.21. The van der Waals surface area contributed by atoms with Gasteiger partial charge in [-0.3, -0.25) is 9.59 Å². The van der Waals surface area contributed by atoms with Crippen molar-refractivity contribution < 1.29 is 9.59 Å². The van der Waals surface area contributed by atoms with Gasteiger partial charge < -0.3 is 10.6 Å². The van der Waals surface area contributed by atoms with Gasteiger partial charge >= 0.3 is 0 Å². The number of amides is 2. The maximum atomic E-state index is 12.5. The first-order valence-electron chi connectivity index (χ1n) is 8.21. The summed E-state index contributed by atoms with van der Waals surface area (Å²) in [5.74, 6) is -0.583. The van der Waals surface area contributed by atoms with E-state index in [2.05, 4.69) is 15.6 Å². The van der Waals surface area contributed by atoms with Crippen LogP contribution in [0.2, 0.25) is 0 Å². The fraction of sp³-hybridized carbons (Fsp3) is 0.316. The van der Waals surface area contributed by atoms with Crippen molar-refractivity contribution in [3.8, 4) is 0 Å². The molecule has 0 spiro atoms. The summed E-state index contributed by atoms with van der Waals surface area (Å²) >= 11 is 0. The first kappa shape index (κ1) is 17.7. The van der Waals surface area contributed by atoms with Crippen molar-refractivity contribution in [3.05, 3.63) is 58.9 Å². The standard InChI is InChI=1S/C19H23N3O2/c1-4-12-20-18(23)15-10-7-11-16(21-15)19(24)22-17-13(3)8-6-9-14(17)5-2/h6-11H,4-5,12H2,1-3H3,(H,20,23)(H,22,24). The summed E-state index contributed by atoms with van der Waals surface area (Å²) in [6.07, 6.45) is 1.67. The van der Waals surface area contributed by atoms with Crippen LogP contribution in [0.4, 0.5) is 5.69 Å². The largest absolute Gasteiger partial charge is 0.351 e. The zero-order valence-electron chi connectivity index (χ0n) is 14.3. The number of hydrogen-bond acceptors (Lipinski definition) is 3. The number of carbonyl (C=O) groups excluding carboxylic acids is 2. The molecule has 24 heavy (non-hydrogen) atoms. The second kappa shape index (κ2) is 8.24. The third kappa shape index (κ3) is 4.19. The van der Waals surface area contributed by atoms with Gasteiger partial charge in [0.1, 0.15) is 11.4 Å². The number of aryl methyl sites for hydroxylation is 2. The van der Waals surface area contributed by atoms with E-state index in [1.807, 2.05) is 39.0 Å². The number of carbonyl (C=O) groups is 2. The number of pyridine rings is 1. The number of hydrogen-bond donors (Lipinski definition) is 2. The lowest BCUT2D eigenvalue weighted by Gasteiger charge is -2.13. The van der Waals surface area contributed by atoms with E-state index in [9.17, 15) is 9.59 Å². The topological polar surface area (TPSA) is 71.1 Å². The molecule has 0 saturated carbocycles. The van der Waals surface area contributed by atoms with E-state index >= 15 is 0 Å². The summed E-state index contributed by atoms with van der Waals surface area (Å²) in [5, 5.41) is 5.68. The third-order valence-electron chi connectivity index (χ3n) is 3.73. The maximum absolute atomic E-state index is 12.5. The number of rotatable bonds is 6. The predicted molar refractivity (Wildman–Crippen MR) is 95.4 cm³/mol. The molecule has 0 fully saturated rings. The monoisotopic (exact) mass is 325 g/mol. The highest BCUT2D eigenvalue weighted by Gasteiger charge is 2.14. The minimum atomic E-state index is -0.316. The summed E-state index contributed by atoms with van der Waals surface area (Å²) in [5.41, 5.74) is 3.36. The fourth-order valence-corrected chi connectivity index (χ4v) is 2.40. The van der Waals surface area contributed by atoms with E-state index in [1.165, 1.54) is 0 Å². The van der Waals surface area contributed by atoms with Gasteiger partial charge in [-0.2, -0.15) is 0 Å². The lowest BCUT2D eigenvalue weighted by atomic mass is 10.1. The Kier molecular flexibility index (Phi) is 6.07. The summed E-state index contributed by atoms with van der Waals surface area (Å²) < 4.78 is 0. The van der Waals surface area contributed by atoms with Crippen LogP contribution in [0.3, 0.4) is 0 Å². The second-order valence-corrected chi connectivity index (χ2v) is 5.58. The fourth-order valence-electron chi connectivity index (χ4n) is 2.40. The van der Waals surface area contributed by atoms with Crippen molar-refractivity contribution in [1.29, 1.82) is 0 Å². The maximum Gasteiger partial charge on any atom is 0.274 e. The lowest BCUT2D eigenvalue weighted by molar-refractivity contribution is 0.0948. The van der Waals surface area contributed by atoms with Crippen molar-refractivity contribution in [3.63, 3.8) is 0 Å². The molecule has 2 amide bonds. The molecule has 0 radical (unpaired) electrons. The molecule has 0 unspecified atom stereocenters. The highest BCUT2D eigenvalue weighted by Crippen LogP contribution is 2.21. The molecule has 0 aliphatic rings. The molecule has 1 aromatic heterocycles. The Morgan fingerprint density at radius 1 is 1.00 bits per heavy atom. The molecule has 0 aliphatic heterocycles. The third-order valence-corrected chi connectivity index (χ3v) is 3.73. The van der Waals surface area contributed by atoms with Crippen molar-refractivity contribution in [1.82, 2.24) is 10.3 Å². The molecule has 2 N–H and O–H groups in total. The minimum Gasteiger partial charge on any atom is -0.351 e. The van der Waals surface area contributed by atoms with Gasteiger partial charge in [-0.25, -0.2) is 4.98 Å². The summed E-state index contributed by atoms with van der Waals surface area (Å²) in [4.78, 5) is 28.7. The molecular weight excluding hydrogens is 302 g/mol. The molecule has 2 aromatic rings. The van der Waals surface area contributed by atoms with E-state index in [1.54, 1.807) is 18.2 Å². The van der Waals surface area contributed by atoms with E-state index < -0.39 is 0 Å². The van der Waals surface area contributed by atoms with Crippen molar-refractivity contribution in [2.45, 2.75) is 33.6 Å². The first-order valence-corrected chi connectivity index (χ1v) is 8.21. The Morgan fingerprint density at radius 3 is 2.33 bits per heavy atom. The van der Waals surface area contributed by atoms with Gasteiger partial charge in [0.15, 0.2) is 0 Å². The van der Waals surface area contributed by atoms with Gasteiger partial charge in [-0.15, -0.1) is 0 Å². The Hall–Kier alpha value is -2.69. The SMILES string of the molecule is CCCNC(=O)c1cccc(C(=O)Nc2c(C)cccc2CC)n1. The van der Waals surface area contributed by atoms with Crippen LogP contribution in [-0.4, -0.2) is 23.3 Å². The van der Waals surface area contributed by atoms with Gasteiger partial charge in [-0.05, 0) is 43.0 Å². The lowest BCUT2D eigenvalue weighted by Crippen LogP contribution is -2.26. The molecule has 1 aromatic carbocycles. The number of nitrogens with zero attached hydrogens (tertiary/aromatic N) is 1. The molecule has 5 heteroatoms. The number of benzene rings is 1. The molecule has 5 nitrogen and oxygen atoms in total. The van der Waals surface area contributed by atoms with E-state index in [4.69, 9.17) is 0 Å². The molecule has 0 atom stereocenters. The zero-order chi connectivity index (χ0) is 17.5. The number of anilines is 1. The Labute approximate surface area is 142 Å². The summed E-state index contributed by atoms with van der Waals surface area (Å²) in [6.45, 7) is 6.56. The van der Waals surface area contributed by atoms with Gasteiger partial charge in [0.25, 0.3) is 11.8 Å². The van der Waals surface area contributed by atoms with Gasteiger partial charge in [0, 0.05) is 12.2 Å². The number of para-hydroxylation sites is 1. The van der Waals surface area contributed by atoms with E-state index in [0.717, 1.165) is 29.7 Å². The average Bonchev–Trinajstić information content (AvgIpc) is 2.61. The summed E-state index contributed by atoms with van der Waals surface area (Å²) in [6, 6.07) is 10.8. The molecule has 126 valence electrons. The van der Waals surface area contributed by atoms with Crippen LogP contribution in [0.5, 0.6) is 0 Å². The smallest absolute Gasteiger partial charge is 0.274 e. The van der Waals surface area contributed by atoms with E-state index in [0.29, 0.717) is 6.54 Å². The van der Waals surface area contributed by atoms with Gasteiger partial charge in [-0.1, -0.05) is 38.1 Å². The molecule has 0 saturated heterocycles. The van der Waals surface area contributed by atoms with Crippen LogP contribution >= 0.6 is 0 Å². The second-order valence-electron chi connectivity index (χ2n) is 5.58. The highest BCUT2D eigenvalue weighted by molar-refractivity contribution is 6.04. The number of nitrogens with one attached hydrogen (secondary N) is 2. The minimum absolute atomic E-state index is 0.226. The molecule has 1 heterocycles. The number of aromatic nitrogens is 1. The highest BCUT2D eigenvalue weighted by atomic mass is 16.2. The molecule has 0 bridgehead atoms. The quantitative estimate of drug-likeness (QED) is 0.855. The van der Waals surface area contributed by atoms with Crippen LogP contribution in [0.1, 0.15) is 52.4 Å². The van der Waals surface area contributed by atoms with Crippen LogP contribution in [0.25, 0.3) is 0 Å². The molecular formula is C19H23N3O2. The van der Waals surface area contributed by atoms with Gasteiger partial charge in [0.2, 0.25) is 0 Å². The molecule has 2 rings (SSSR count). The van der Waals surface area contributed by atoms with Crippen LogP contribution in [0.15, 0.2) is 36.4 Å². The van der Waals surface area contributed by atoms with Crippen molar-refractivity contribution in [2.24, 2.45) is 0 Å². The van der Waals surface area contributed by atoms with Gasteiger partial charge in [0.05, 0.1) is 0 Å². The van der Waals surface area contributed by atoms with Crippen molar-refractivity contribution in [2.75, 3.05) is 11.9 Å². The van der Waals surface area contributed by atoms with Crippen LogP contribution in [-0.2, 0) is 6.42 Å².